The Morgan fingerprint density at radius 1 is 1.16 bits per heavy atom. The molecule has 2 aromatic carbocycles. The molecule has 0 saturated heterocycles. The van der Waals surface area contributed by atoms with Crippen LogP contribution in [0.5, 0.6) is 5.75 Å². The minimum absolute atomic E-state index is 0.191. The van der Waals surface area contributed by atoms with Crippen molar-refractivity contribution in [2.45, 2.75) is 31.7 Å². The number of anilines is 1. The molecule has 160 valence electrons. The molecule has 0 fully saturated rings. The van der Waals surface area contributed by atoms with Gasteiger partial charge in [-0.05, 0) is 24.3 Å². The molecule has 7 nitrogen and oxygen atoms in total. The van der Waals surface area contributed by atoms with Crippen molar-refractivity contribution in [1.82, 2.24) is 14.8 Å². The van der Waals surface area contributed by atoms with E-state index in [9.17, 15) is 4.79 Å². The second-order valence-corrected chi connectivity index (χ2v) is 8.20. The molecule has 0 amide bonds. The number of hydrogen-bond acceptors (Lipinski definition) is 7. The third-order valence-corrected chi connectivity index (χ3v) is 5.69. The van der Waals surface area contributed by atoms with Crippen molar-refractivity contribution in [2.75, 3.05) is 18.2 Å². The fourth-order valence-electron chi connectivity index (χ4n) is 3.57. The number of allylic oxidation sites excluding steroid dienone is 1. The molecule has 0 radical (unpaired) electrons. The second kappa shape index (κ2) is 9.26. The van der Waals surface area contributed by atoms with Gasteiger partial charge in [-0.25, -0.2) is 9.48 Å². The number of para-hydroxylation sites is 1. The first kappa shape index (κ1) is 21.0. The first-order valence-electron chi connectivity index (χ1n) is 10.0. The molecule has 31 heavy (non-hydrogen) atoms. The molecule has 0 bridgehead atoms. The standard InChI is InChI=1S/C23H24N4O3S/c1-4-31-23-25-22-24-15(2)19(21(28)30-14-16-10-6-5-7-11-16)20(27(22)26-23)17-12-8-9-13-18(17)29-3/h5-13,20H,4,14H2,1-3H3,(H,24,25,26). The number of hydrogen-bond donors (Lipinski definition) is 1. The molecule has 1 unspecified atom stereocenters. The minimum atomic E-state index is -0.519. The van der Waals surface area contributed by atoms with Gasteiger partial charge in [0, 0.05) is 11.3 Å². The predicted molar refractivity (Wildman–Crippen MR) is 120 cm³/mol. The first-order valence-corrected chi connectivity index (χ1v) is 11.0. The van der Waals surface area contributed by atoms with Gasteiger partial charge in [0.1, 0.15) is 18.4 Å². The van der Waals surface area contributed by atoms with Crippen LogP contribution in [0.25, 0.3) is 0 Å². The number of carbonyl (C=O) groups is 1. The van der Waals surface area contributed by atoms with Crippen LogP contribution in [0.4, 0.5) is 5.95 Å². The lowest BCUT2D eigenvalue weighted by Crippen LogP contribution is -2.30. The smallest absolute Gasteiger partial charge is 0.338 e. The van der Waals surface area contributed by atoms with Crippen LogP contribution in [0.15, 0.2) is 71.0 Å². The van der Waals surface area contributed by atoms with E-state index >= 15 is 0 Å². The van der Waals surface area contributed by atoms with E-state index in [2.05, 4.69) is 15.4 Å². The van der Waals surface area contributed by atoms with Crippen molar-refractivity contribution in [3.8, 4) is 5.75 Å². The van der Waals surface area contributed by atoms with Crippen molar-refractivity contribution < 1.29 is 14.3 Å². The van der Waals surface area contributed by atoms with Crippen molar-refractivity contribution in [1.29, 1.82) is 0 Å². The summed E-state index contributed by atoms with van der Waals surface area (Å²) < 4.78 is 13.0. The zero-order chi connectivity index (χ0) is 21.8. The Morgan fingerprint density at radius 3 is 2.65 bits per heavy atom. The van der Waals surface area contributed by atoms with Gasteiger partial charge < -0.3 is 14.8 Å². The number of nitrogens with zero attached hydrogens (tertiary/aromatic N) is 3. The van der Waals surface area contributed by atoms with Gasteiger partial charge in [0.15, 0.2) is 0 Å². The Hall–Kier alpha value is -3.26. The Balaban J connectivity index is 1.74. The summed E-state index contributed by atoms with van der Waals surface area (Å²) in [6.45, 7) is 4.09. The predicted octanol–water partition coefficient (Wildman–Crippen LogP) is 4.43. The summed E-state index contributed by atoms with van der Waals surface area (Å²) in [6, 6.07) is 16.7. The lowest BCUT2D eigenvalue weighted by molar-refractivity contribution is -0.140. The number of benzene rings is 2. The number of esters is 1. The van der Waals surface area contributed by atoms with Crippen LogP contribution in [0, 0.1) is 0 Å². The zero-order valence-corrected chi connectivity index (χ0v) is 18.5. The average molecular weight is 437 g/mol. The largest absolute Gasteiger partial charge is 0.496 e. The molecule has 8 heteroatoms. The quantitative estimate of drug-likeness (QED) is 0.434. The van der Waals surface area contributed by atoms with Crippen molar-refractivity contribution in [3.63, 3.8) is 0 Å². The molecule has 1 atom stereocenters. The Kier molecular flexibility index (Phi) is 6.27. The first-order chi connectivity index (χ1) is 15.1. The van der Waals surface area contributed by atoms with E-state index < -0.39 is 12.0 Å². The van der Waals surface area contributed by atoms with E-state index in [0.717, 1.165) is 16.9 Å². The van der Waals surface area contributed by atoms with Crippen LogP contribution in [0.2, 0.25) is 0 Å². The number of methoxy groups -OCH3 is 1. The van der Waals surface area contributed by atoms with Gasteiger partial charge in [-0.15, -0.1) is 5.10 Å². The highest BCUT2D eigenvalue weighted by Gasteiger charge is 2.36. The van der Waals surface area contributed by atoms with Gasteiger partial charge in [0.05, 0.1) is 12.7 Å². The van der Waals surface area contributed by atoms with Gasteiger partial charge in [-0.2, -0.15) is 4.98 Å². The maximum atomic E-state index is 13.3. The van der Waals surface area contributed by atoms with Gasteiger partial charge in [0.2, 0.25) is 11.1 Å². The summed E-state index contributed by atoms with van der Waals surface area (Å²) in [5.41, 5.74) is 2.90. The van der Waals surface area contributed by atoms with E-state index in [1.54, 1.807) is 23.6 Å². The number of nitrogens with one attached hydrogen (secondary N) is 1. The maximum Gasteiger partial charge on any atom is 0.338 e. The van der Waals surface area contributed by atoms with Crippen LogP contribution in [0.3, 0.4) is 0 Å². The summed E-state index contributed by atoms with van der Waals surface area (Å²) in [5, 5.41) is 8.54. The van der Waals surface area contributed by atoms with E-state index in [1.165, 1.54) is 0 Å². The molecular weight excluding hydrogens is 412 g/mol. The lowest BCUT2D eigenvalue weighted by Gasteiger charge is -2.29. The molecule has 0 saturated carbocycles. The van der Waals surface area contributed by atoms with E-state index in [4.69, 9.17) is 9.47 Å². The highest BCUT2D eigenvalue weighted by molar-refractivity contribution is 7.99. The third kappa shape index (κ3) is 4.29. The van der Waals surface area contributed by atoms with Crippen LogP contribution in [-0.2, 0) is 16.1 Å². The second-order valence-electron chi connectivity index (χ2n) is 6.97. The topological polar surface area (TPSA) is 78.3 Å². The normalized spacial score (nSPS) is 15.3. The number of fused-ring (bicyclic) bond motifs is 1. The minimum Gasteiger partial charge on any atom is -0.496 e. The fraction of sp³-hybridized carbons (Fsp3) is 0.261. The fourth-order valence-corrected chi connectivity index (χ4v) is 4.12. The molecule has 1 aliphatic heterocycles. The summed E-state index contributed by atoms with van der Waals surface area (Å²) in [7, 11) is 1.62. The highest BCUT2D eigenvalue weighted by Crippen LogP contribution is 2.40. The molecule has 4 rings (SSSR count). The van der Waals surface area contributed by atoms with E-state index in [1.807, 2.05) is 68.4 Å². The van der Waals surface area contributed by atoms with Crippen molar-refractivity contribution in [3.05, 3.63) is 77.0 Å². The monoisotopic (exact) mass is 436 g/mol. The SMILES string of the molecule is CCSc1nc2n(n1)C(c1ccccc1OC)C(C(=O)OCc1ccccc1)=C(C)N2. The molecule has 1 N–H and O–H groups in total. The maximum absolute atomic E-state index is 13.3. The van der Waals surface area contributed by atoms with Crippen molar-refractivity contribution >= 4 is 23.7 Å². The van der Waals surface area contributed by atoms with Crippen molar-refractivity contribution in [2.24, 2.45) is 0 Å². The Morgan fingerprint density at radius 2 is 1.90 bits per heavy atom. The van der Waals surface area contributed by atoms with Crippen LogP contribution in [0.1, 0.15) is 31.0 Å². The molecule has 0 spiro atoms. The lowest BCUT2D eigenvalue weighted by atomic mass is 9.95. The van der Waals surface area contributed by atoms with Crippen LogP contribution in [-0.4, -0.2) is 33.6 Å². The molecule has 2 heterocycles. The number of rotatable bonds is 7. The highest BCUT2D eigenvalue weighted by atomic mass is 32.2. The number of carbonyl (C=O) groups excluding carboxylic acids is 1. The molecule has 3 aromatic rings. The Bertz CT molecular complexity index is 1110. The number of thioether (sulfide) groups is 1. The van der Waals surface area contributed by atoms with Gasteiger partial charge in [-0.1, -0.05) is 67.2 Å². The molecule has 0 aliphatic carbocycles. The summed E-state index contributed by atoms with van der Waals surface area (Å²) >= 11 is 1.55. The molecular formula is C23H24N4O3S. The van der Waals surface area contributed by atoms with E-state index in [0.29, 0.717) is 28.1 Å². The Labute approximate surface area is 185 Å². The number of ether oxygens (including phenoxy) is 2. The van der Waals surface area contributed by atoms with Gasteiger partial charge >= 0.3 is 5.97 Å². The van der Waals surface area contributed by atoms with Gasteiger partial charge in [-0.3, -0.25) is 0 Å². The summed E-state index contributed by atoms with van der Waals surface area (Å²) in [4.78, 5) is 17.9. The third-order valence-electron chi connectivity index (χ3n) is 4.97. The van der Waals surface area contributed by atoms with Gasteiger partial charge in [0.25, 0.3) is 0 Å². The average Bonchev–Trinajstić information content (AvgIpc) is 3.19. The molecule has 1 aliphatic rings. The number of aromatic nitrogens is 3. The van der Waals surface area contributed by atoms with E-state index in [-0.39, 0.29) is 6.61 Å². The summed E-state index contributed by atoms with van der Waals surface area (Å²) in [5.74, 6) is 1.70. The summed E-state index contributed by atoms with van der Waals surface area (Å²) in [6.07, 6.45) is 0. The van der Waals surface area contributed by atoms with Crippen LogP contribution >= 0.6 is 11.8 Å². The van der Waals surface area contributed by atoms with Crippen LogP contribution < -0.4 is 10.1 Å². The molecule has 1 aromatic heterocycles. The zero-order valence-electron chi connectivity index (χ0n) is 17.7.